The molecule has 1 fully saturated rings. The van der Waals surface area contributed by atoms with Crippen LogP contribution in [0.3, 0.4) is 0 Å². The topological polar surface area (TPSA) is 68.0 Å². The van der Waals surface area contributed by atoms with Crippen LogP contribution < -0.4 is 11.1 Å². The lowest BCUT2D eigenvalue weighted by molar-refractivity contribution is -0.121. The molecule has 18 heavy (non-hydrogen) atoms. The number of nitrogens with one attached hydrogen (secondary N) is 1. The maximum Gasteiger partial charge on any atom is 0.226 e. The minimum atomic E-state index is 0.0553. The number of hydrogen-bond donors (Lipinski definition) is 2. The minimum absolute atomic E-state index is 0.0553. The van der Waals surface area contributed by atoms with Gasteiger partial charge in [0.25, 0.3) is 0 Å². The Hall–Kier alpha value is -1.58. The van der Waals surface area contributed by atoms with Gasteiger partial charge in [-0.25, -0.2) is 0 Å². The molecule has 0 radical (unpaired) electrons. The highest BCUT2D eigenvalue weighted by Crippen LogP contribution is 2.34. The molecule has 98 valence electrons. The van der Waals surface area contributed by atoms with E-state index in [4.69, 9.17) is 5.73 Å². The lowest BCUT2D eigenvalue weighted by atomic mass is 10.1. The molecular weight excluding hydrogens is 226 g/mol. The van der Waals surface area contributed by atoms with Crippen LogP contribution in [0.5, 0.6) is 0 Å². The summed E-state index contributed by atoms with van der Waals surface area (Å²) >= 11 is 0. The molecule has 0 aromatic carbocycles. The van der Waals surface area contributed by atoms with Crippen molar-refractivity contribution >= 4 is 11.6 Å². The smallest absolute Gasteiger partial charge is 0.226 e. The van der Waals surface area contributed by atoms with E-state index in [0.29, 0.717) is 18.2 Å². The Bertz CT molecular complexity index is 398. The van der Waals surface area contributed by atoms with Crippen LogP contribution in [-0.4, -0.2) is 16.9 Å². The van der Waals surface area contributed by atoms with E-state index in [2.05, 4.69) is 17.2 Å². The molecular formula is C14H21N3O. The monoisotopic (exact) mass is 247 g/mol. The van der Waals surface area contributed by atoms with Crippen LogP contribution in [0.25, 0.3) is 0 Å². The first-order chi connectivity index (χ1) is 8.67. The molecule has 1 aromatic rings. The van der Waals surface area contributed by atoms with Crippen LogP contribution in [0.15, 0.2) is 18.3 Å². The van der Waals surface area contributed by atoms with Crippen LogP contribution in [0.1, 0.15) is 38.3 Å². The zero-order valence-electron chi connectivity index (χ0n) is 10.9. The summed E-state index contributed by atoms with van der Waals surface area (Å²) in [5.74, 6) is 0.893. The van der Waals surface area contributed by atoms with E-state index in [1.165, 1.54) is 12.8 Å². The third-order valence-corrected chi connectivity index (χ3v) is 3.36. The standard InChI is InChI=1S/C14H21N3O/c1-2-12(7-10-3-4-10)17-14(18)8-13-6-5-11(15)9-16-13/h5-6,9-10,12H,2-4,7-8,15H2,1H3,(H,17,18). The first-order valence-electron chi connectivity index (χ1n) is 6.67. The second-order valence-electron chi connectivity index (χ2n) is 5.11. The lowest BCUT2D eigenvalue weighted by Gasteiger charge is -2.16. The largest absolute Gasteiger partial charge is 0.397 e. The van der Waals surface area contributed by atoms with Crippen molar-refractivity contribution in [2.75, 3.05) is 5.73 Å². The third-order valence-electron chi connectivity index (χ3n) is 3.36. The molecule has 0 saturated heterocycles. The van der Waals surface area contributed by atoms with Crippen LogP contribution in [0, 0.1) is 5.92 Å². The minimum Gasteiger partial charge on any atom is -0.397 e. The Morgan fingerprint density at radius 1 is 1.56 bits per heavy atom. The van der Waals surface area contributed by atoms with Gasteiger partial charge in [0.1, 0.15) is 0 Å². The van der Waals surface area contributed by atoms with Crippen molar-refractivity contribution in [1.82, 2.24) is 10.3 Å². The van der Waals surface area contributed by atoms with Gasteiger partial charge in [0.2, 0.25) is 5.91 Å². The number of carbonyl (C=O) groups excluding carboxylic acids is 1. The maximum atomic E-state index is 11.9. The molecule has 0 spiro atoms. The molecule has 0 aliphatic heterocycles. The number of nitrogens with two attached hydrogens (primary N) is 1. The fourth-order valence-electron chi connectivity index (χ4n) is 2.07. The Balaban J connectivity index is 1.81. The van der Waals surface area contributed by atoms with Gasteiger partial charge in [-0.2, -0.15) is 0 Å². The summed E-state index contributed by atoms with van der Waals surface area (Å²) in [7, 11) is 0. The van der Waals surface area contributed by atoms with Crippen molar-refractivity contribution in [3.63, 3.8) is 0 Å². The van der Waals surface area contributed by atoms with Gasteiger partial charge in [-0.15, -0.1) is 0 Å². The summed E-state index contributed by atoms with van der Waals surface area (Å²) < 4.78 is 0. The zero-order valence-corrected chi connectivity index (χ0v) is 10.9. The first kappa shape index (κ1) is 12.9. The van der Waals surface area contributed by atoms with Crippen LogP contribution in [-0.2, 0) is 11.2 Å². The van der Waals surface area contributed by atoms with Gasteiger partial charge in [-0.05, 0) is 30.9 Å². The van der Waals surface area contributed by atoms with Crippen molar-refractivity contribution in [1.29, 1.82) is 0 Å². The van der Waals surface area contributed by atoms with Gasteiger partial charge >= 0.3 is 0 Å². The fourth-order valence-corrected chi connectivity index (χ4v) is 2.07. The number of nitrogen functional groups attached to an aromatic ring is 1. The highest BCUT2D eigenvalue weighted by molar-refractivity contribution is 5.78. The number of carbonyl (C=O) groups is 1. The van der Waals surface area contributed by atoms with Gasteiger partial charge < -0.3 is 11.1 Å². The van der Waals surface area contributed by atoms with E-state index in [0.717, 1.165) is 24.5 Å². The second kappa shape index (κ2) is 5.85. The summed E-state index contributed by atoms with van der Waals surface area (Å²) in [6.45, 7) is 2.12. The number of aromatic nitrogens is 1. The average Bonchev–Trinajstić information content (AvgIpc) is 3.15. The summed E-state index contributed by atoms with van der Waals surface area (Å²) in [5, 5.41) is 3.09. The number of anilines is 1. The molecule has 1 aliphatic carbocycles. The molecule has 2 rings (SSSR count). The van der Waals surface area contributed by atoms with Crippen molar-refractivity contribution in [2.24, 2.45) is 5.92 Å². The molecule has 1 saturated carbocycles. The molecule has 1 heterocycles. The van der Waals surface area contributed by atoms with Gasteiger partial charge in [0, 0.05) is 11.7 Å². The Morgan fingerprint density at radius 3 is 2.89 bits per heavy atom. The fraction of sp³-hybridized carbons (Fsp3) is 0.571. The predicted octanol–water partition coefficient (Wildman–Crippen LogP) is 1.90. The second-order valence-corrected chi connectivity index (χ2v) is 5.11. The average molecular weight is 247 g/mol. The summed E-state index contributed by atoms with van der Waals surface area (Å²) in [5.41, 5.74) is 6.95. The molecule has 3 N–H and O–H groups in total. The van der Waals surface area contributed by atoms with Gasteiger partial charge in [0.05, 0.1) is 18.3 Å². The number of hydrogen-bond acceptors (Lipinski definition) is 3. The van der Waals surface area contributed by atoms with Gasteiger partial charge in [0.15, 0.2) is 0 Å². The van der Waals surface area contributed by atoms with E-state index in [1.54, 1.807) is 18.3 Å². The summed E-state index contributed by atoms with van der Waals surface area (Å²) in [6.07, 6.45) is 6.69. The molecule has 4 nitrogen and oxygen atoms in total. The van der Waals surface area contributed by atoms with E-state index >= 15 is 0 Å². The molecule has 0 bridgehead atoms. The van der Waals surface area contributed by atoms with Crippen molar-refractivity contribution in [2.45, 2.75) is 45.1 Å². The summed E-state index contributed by atoms with van der Waals surface area (Å²) in [4.78, 5) is 16.0. The van der Waals surface area contributed by atoms with Crippen LogP contribution >= 0.6 is 0 Å². The quantitative estimate of drug-likeness (QED) is 0.806. The number of nitrogens with zero attached hydrogens (tertiary/aromatic N) is 1. The van der Waals surface area contributed by atoms with Crippen molar-refractivity contribution in [3.05, 3.63) is 24.0 Å². The van der Waals surface area contributed by atoms with E-state index in [9.17, 15) is 4.79 Å². The molecule has 1 aromatic heterocycles. The number of amides is 1. The Morgan fingerprint density at radius 2 is 2.33 bits per heavy atom. The molecule has 1 amide bonds. The van der Waals surface area contributed by atoms with Crippen LogP contribution in [0.4, 0.5) is 5.69 Å². The van der Waals surface area contributed by atoms with E-state index in [1.807, 2.05) is 0 Å². The molecule has 4 heteroatoms. The number of pyridine rings is 1. The molecule has 1 atom stereocenters. The Labute approximate surface area is 108 Å². The molecule has 1 unspecified atom stereocenters. The van der Waals surface area contributed by atoms with Crippen molar-refractivity contribution in [3.8, 4) is 0 Å². The van der Waals surface area contributed by atoms with Crippen molar-refractivity contribution < 1.29 is 4.79 Å². The number of rotatable bonds is 6. The first-order valence-corrected chi connectivity index (χ1v) is 6.67. The highest BCUT2D eigenvalue weighted by Gasteiger charge is 2.25. The highest BCUT2D eigenvalue weighted by atomic mass is 16.1. The lowest BCUT2D eigenvalue weighted by Crippen LogP contribution is -2.35. The predicted molar refractivity (Wildman–Crippen MR) is 71.9 cm³/mol. The van der Waals surface area contributed by atoms with Gasteiger partial charge in [-0.3, -0.25) is 9.78 Å². The molecule has 1 aliphatic rings. The van der Waals surface area contributed by atoms with E-state index in [-0.39, 0.29) is 5.91 Å². The zero-order chi connectivity index (χ0) is 13.0. The van der Waals surface area contributed by atoms with E-state index < -0.39 is 0 Å². The summed E-state index contributed by atoms with van der Waals surface area (Å²) in [6, 6.07) is 3.90. The SMILES string of the molecule is CCC(CC1CC1)NC(=O)Cc1ccc(N)cn1. The van der Waals surface area contributed by atoms with Gasteiger partial charge in [-0.1, -0.05) is 19.8 Å². The normalized spacial score (nSPS) is 16.3. The third kappa shape index (κ3) is 4.02. The Kier molecular flexibility index (Phi) is 4.18. The van der Waals surface area contributed by atoms with Crippen LogP contribution in [0.2, 0.25) is 0 Å². The maximum absolute atomic E-state index is 11.9.